The molecule has 1 fully saturated rings. The fourth-order valence-corrected chi connectivity index (χ4v) is 3.78. The Balaban J connectivity index is 1.58. The van der Waals surface area contributed by atoms with Crippen molar-refractivity contribution in [3.8, 4) is 6.07 Å². The van der Waals surface area contributed by atoms with E-state index in [0.717, 1.165) is 30.3 Å². The quantitative estimate of drug-likeness (QED) is 0.446. The lowest BCUT2D eigenvalue weighted by atomic mass is 9.91. The third-order valence-corrected chi connectivity index (χ3v) is 5.41. The average Bonchev–Trinajstić information content (AvgIpc) is 2.77. The summed E-state index contributed by atoms with van der Waals surface area (Å²) in [5.74, 6) is -0.885. The lowest BCUT2D eigenvalue weighted by Gasteiger charge is -2.27. The number of carboxylic acids is 1. The molecule has 3 heterocycles. The number of aliphatic carboxylic acids is 1. The van der Waals surface area contributed by atoms with E-state index in [1.165, 1.54) is 24.5 Å². The van der Waals surface area contributed by atoms with Crippen LogP contribution >= 0.6 is 0 Å². The second-order valence-electron chi connectivity index (χ2n) is 7.73. The molecule has 0 saturated heterocycles. The third-order valence-electron chi connectivity index (χ3n) is 5.41. The average molecular weight is 434 g/mol. The van der Waals surface area contributed by atoms with Crippen LogP contribution in [0.25, 0.3) is 11.0 Å². The zero-order valence-corrected chi connectivity index (χ0v) is 17.2. The number of pyridine rings is 2. The van der Waals surface area contributed by atoms with Crippen LogP contribution in [0.3, 0.4) is 0 Å². The number of carbonyl (C=O) groups is 1. The molecule has 0 aromatic carbocycles. The van der Waals surface area contributed by atoms with Gasteiger partial charge >= 0.3 is 5.97 Å². The van der Waals surface area contributed by atoms with E-state index in [1.807, 2.05) is 0 Å². The number of nitriles is 1. The minimum absolute atomic E-state index is 0.224. The van der Waals surface area contributed by atoms with Crippen LogP contribution in [-0.2, 0) is 11.3 Å². The minimum Gasteiger partial charge on any atom is -0.480 e. The van der Waals surface area contributed by atoms with E-state index in [4.69, 9.17) is 10.8 Å². The maximum absolute atomic E-state index is 12.0. The van der Waals surface area contributed by atoms with Crippen LogP contribution in [0.1, 0.15) is 31.4 Å². The van der Waals surface area contributed by atoms with Crippen molar-refractivity contribution in [2.24, 2.45) is 5.73 Å². The van der Waals surface area contributed by atoms with Crippen molar-refractivity contribution in [1.29, 1.82) is 5.26 Å². The maximum Gasteiger partial charge on any atom is 0.323 e. The van der Waals surface area contributed by atoms with Gasteiger partial charge in [-0.05, 0) is 37.8 Å². The molecule has 32 heavy (non-hydrogen) atoms. The summed E-state index contributed by atoms with van der Waals surface area (Å²) in [6.07, 6.45) is 6.63. The van der Waals surface area contributed by atoms with Gasteiger partial charge < -0.3 is 21.5 Å². The molecule has 5 N–H and O–H groups in total. The first-order chi connectivity index (χ1) is 15.4. The van der Waals surface area contributed by atoms with Crippen molar-refractivity contribution >= 4 is 34.3 Å². The highest BCUT2D eigenvalue weighted by Gasteiger charge is 2.20. The van der Waals surface area contributed by atoms with Crippen LogP contribution in [0.4, 0.5) is 17.3 Å². The molecular weight excluding hydrogens is 412 g/mol. The van der Waals surface area contributed by atoms with Gasteiger partial charge in [-0.2, -0.15) is 5.26 Å². The molecule has 3 aromatic rings. The number of hydrogen-bond donors (Lipinski definition) is 4. The van der Waals surface area contributed by atoms with Gasteiger partial charge in [-0.3, -0.25) is 14.2 Å². The minimum atomic E-state index is -1.13. The van der Waals surface area contributed by atoms with Gasteiger partial charge in [0.25, 0.3) is 5.56 Å². The number of rotatable bonds is 6. The van der Waals surface area contributed by atoms with E-state index in [2.05, 4.69) is 31.7 Å². The van der Waals surface area contributed by atoms with Crippen molar-refractivity contribution < 1.29 is 9.90 Å². The zero-order chi connectivity index (χ0) is 22.7. The summed E-state index contributed by atoms with van der Waals surface area (Å²) in [6, 6.07) is 7.11. The van der Waals surface area contributed by atoms with Crippen LogP contribution in [0.15, 0.2) is 35.4 Å². The molecule has 0 spiro atoms. The first-order valence-electron chi connectivity index (χ1n) is 10.2. The van der Waals surface area contributed by atoms with E-state index >= 15 is 0 Å². The smallest absolute Gasteiger partial charge is 0.323 e. The molecule has 3 aromatic heterocycles. The predicted octanol–water partition coefficient (Wildman–Crippen LogP) is 1.57. The Labute approximate surface area is 182 Å². The van der Waals surface area contributed by atoms with Gasteiger partial charge in [0.1, 0.15) is 12.6 Å². The van der Waals surface area contributed by atoms with Crippen molar-refractivity contribution in [3.05, 3.63) is 46.6 Å². The Bertz CT molecular complexity index is 1260. The Morgan fingerprint density at radius 2 is 2.03 bits per heavy atom. The van der Waals surface area contributed by atoms with E-state index < -0.39 is 18.1 Å². The SMILES string of the molecule is N#Cc1ncc(Nc2ncc3c(ccc(=O)n3CC(=O)O)n2)cc1NC1CCC(N)CC1. The van der Waals surface area contributed by atoms with E-state index in [-0.39, 0.29) is 18.0 Å². The molecule has 164 valence electrons. The Hall–Kier alpha value is -4.04. The molecule has 1 saturated carbocycles. The lowest BCUT2D eigenvalue weighted by molar-refractivity contribution is -0.137. The summed E-state index contributed by atoms with van der Waals surface area (Å²) < 4.78 is 1.10. The molecule has 4 rings (SSSR count). The van der Waals surface area contributed by atoms with Gasteiger partial charge in [-0.25, -0.2) is 15.0 Å². The largest absolute Gasteiger partial charge is 0.480 e. The van der Waals surface area contributed by atoms with E-state index in [0.29, 0.717) is 28.1 Å². The number of aromatic nitrogens is 4. The number of nitrogens with two attached hydrogens (primary N) is 1. The number of carboxylic acid groups (broad SMARTS) is 1. The van der Waals surface area contributed by atoms with Gasteiger partial charge in [0, 0.05) is 18.2 Å². The first kappa shape index (κ1) is 21.2. The van der Waals surface area contributed by atoms with Gasteiger partial charge in [-0.15, -0.1) is 0 Å². The molecule has 11 heteroatoms. The summed E-state index contributed by atoms with van der Waals surface area (Å²) in [6.45, 7) is -0.479. The molecule has 0 radical (unpaired) electrons. The summed E-state index contributed by atoms with van der Waals surface area (Å²) in [4.78, 5) is 35.9. The Morgan fingerprint density at radius 1 is 1.25 bits per heavy atom. The molecule has 1 aliphatic rings. The molecular formula is C21H22N8O3. The van der Waals surface area contributed by atoms with Crippen LogP contribution in [-0.4, -0.2) is 42.7 Å². The highest BCUT2D eigenvalue weighted by molar-refractivity contribution is 5.77. The molecule has 0 amide bonds. The number of hydrogen-bond acceptors (Lipinski definition) is 9. The summed E-state index contributed by atoms with van der Waals surface area (Å²) in [7, 11) is 0. The van der Waals surface area contributed by atoms with Crippen LogP contribution in [0.2, 0.25) is 0 Å². The van der Waals surface area contributed by atoms with Crippen molar-refractivity contribution in [2.75, 3.05) is 10.6 Å². The topological polar surface area (TPSA) is 172 Å². The maximum atomic E-state index is 12.0. The Morgan fingerprint density at radius 3 is 2.75 bits per heavy atom. The van der Waals surface area contributed by atoms with Crippen molar-refractivity contribution in [1.82, 2.24) is 19.5 Å². The number of anilines is 3. The summed E-state index contributed by atoms with van der Waals surface area (Å²) in [5, 5.41) is 24.9. The van der Waals surface area contributed by atoms with Gasteiger partial charge in [0.15, 0.2) is 5.69 Å². The van der Waals surface area contributed by atoms with Crippen molar-refractivity contribution in [2.45, 2.75) is 44.3 Å². The lowest BCUT2D eigenvalue weighted by Crippen LogP contribution is -2.33. The van der Waals surface area contributed by atoms with Gasteiger partial charge in [-0.1, -0.05) is 0 Å². The standard InChI is InChI=1S/C21H22N8O3/c22-8-17-16(26-13-3-1-12(23)2-4-13)7-14(9-24-17)27-21-25-10-18-15(28-21)5-6-19(30)29(18)11-20(31)32/h5-7,9-10,12-13,26H,1-4,11,23H2,(H,31,32)(H,25,27,28). The van der Waals surface area contributed by atoms with Crippen LogP contribution < -0.4 is 21.9 Å². The van der Waals surface area contributed by atoms with Crippen molar-refractivity contribution in [3.63, 3.8) is 0 Å². The molecule has 0 unspecified atom stereocenters. The molecule has 1 aliphatic carbocycles. The summed E-state index contributed by atoms with van der Waals surface area (Å²) >= 11 is 0. The van der Waals surface area contributed by atoms with Crippen LogP contribution in [0, 0.1) is 11.3 Å². The second kappa shape index (κ2) is 8.99. The molecule has 0 bridgehead atoms. The van der Waals surface area contributed by atoms with Gasteiger partial charge in [0.05, 0.1) is 34.8 Å². The molecule has 0 atom stereocenters. The number of nitrogens with one attached hydrogen (secondary N) is 2. The molecule has 0 aliphatic heterocycles. The van der Waals surface area contributed by atoms with E-state index in [1.54, 1.807) is 6.07 Å². The third kappa shape index (κ3) is 4.65. The monoisotopic (exact) mass is 434 g/mol. The molecule has 11 nitrogen and oxygen atoms in total. The fraction of sp³-hybridized carbons (Fsp3) is 0.333. The number of nitrogens with zero attached hydrogens (tertiary/aromatic N) is 5. The van der Waals surface area contributed by atoms with E-state index in [9.17, 15) is 14.9 Å². The highest BCUT2D eigenvalue weighted by Crippen LogP contribution is 2.25. The van der Waals surface area contributed by atoms with Gasteiger partial charge in [0.2, 0.25) is 5.95 Å². The Kier molecular flexibility index (Phi) is 5.96. The van der Waals surface area contributed by atoms with Crippen LogP contribution in [0.5, 0.6) is 0 Å². The normalized spacial score (nSPS) is 18.1. The zero-order valence-electron chi connectivity index (χ0n) is 17.2. The summed E-state index contributed by atoms with van der Waals surface area (Å²) in [5.41, 5.74) is 7.76. The number of fused-ring (bicyclic) bond motifs is 1. The first-order valence-corrected chi connectivity index (χ1v) is 10.2. The fourth-order valence-electron chi connectivity index (χ4n) is 3.78. The predicted molar refractivity (Wildman–Crippen MR) is 118 cm³/mol. The second-order valence-corrected chi connectivity index (χ2v) is 7.73. The highest BCUT2D eigenvalue weighted by atomic mass is 16.4.